The highest BCUT2D eigenvalue weighted by Crippen LogP contribution is 2.19. The quantitative estimate of drug-likeness (QED) is 0.814. The average Bonchev–Trinajstić information content (AvgIpc) is 2.99. The van der Waals surface area contributed by atoms with Crippen molar-refractivity contribution in [2.45, 2.75) is 52.5 Å². The molecule has 3 nitrogen and oxygen atoms in total. The van der Waals surface area contributed by atoms with Crippen LogP contribution >= 0.6 is 0 Å². The molecule has 2 aromatic rings. The number of hydrogen-bond donors (Lipinski definition) is 1. The predicted molar refractivity (Wildman–Crippen MR) is 89.0 cm³/mol. The number of rotatable bonds is 7. The lowest BCUT2D eigenvalue weighted by Crippen LogP contribution is -2.21. The Morgan fingerprint density at radius 1 is 1.10 bits per heavy atom. The first-order valence-electron chi connectivity index (χ1n) is 8.05. The van der Waals surface area contributed by atoms with Crippen molar-refractivity contribution in [2.24, 2.45) is 0 Å². The molecule has 0 saturated carbocycles. The van der Waals surface area contributed by atoms with E-state index < -0.39 is 0 Å². The van der Waals surface area contributed by atoms with E-state index in [1.807, 2.05) is 10.9 Å². The second kappa shape index (κ2) is 7.41. The molecular formula is C18H27N3. The average molecular weight is 285 g/mol. The van der Waals surface area contributed by atoms with E-state index in [4.69, 9.17) is 0 Å². The van der Waals surface area contributed by atoms with Gasteiger partial charge in [0.25, 0.3) is 0 Å². The molecule has 0 bridgehead atoms. The maximum atomic E-state index is 4.63. The summed E-state index contributed by atoms with van der Waals surface area (Å²) in [7, 11) is 0. The summed E-state index contributed by atoms with van der Waals surface area (Å²) in [6.45, 7) is 9.83. The topological polar surface area (TPSA) is 29.9 Å². The van der Waals surface area contributed by atoms with Crippen LogP contribution in [0.1, 0.15) is 63.8 Å². The van der Waals surface area contributed by atoms with Gasteiger partial charge in [0.15, 0.2) is 0 Å². The zero-order chi connectivity index (χ0) is 15.2. The van der Waals surface area contributed by atoms with Gasteiger partial charge in [-0.1, -0.05) is 39.8 Å². The Balaban J connectivity index is 2.13. The summed E-state index contributed by atoms with van der Waals surface area (Å²) < 4.78 is 1.96. The van der Waals surface area contributed by atoms with E-state index in [2.05, 4.69) is 68.4 Å². The highest BCUT2D eigenvalue weighted by molar-refractivity contribution is 5.35. The zero-order valence-corrected chi connectivity index (χ0v) is 13.6. The van der Waals surface area contributed by atoms with E-state index in [1.165, 1.54) is 12.0 Å². The zero-order valence-electron chi connectivity index (χ0n) is 13.6. The molecule has 0 aliphatic rings. The van der Waals surface area contributed by atoms with Crippen LogP contribution in [0.2, 0.25) is 0 Å². The molecule has 114 valence electrons. The Hall–Kier alpha value is -1.61. The Bertz CT molecular complexity index is 540. The van der Waals surface area contributed by atoms with Crippen LogP contribution in [0.25, 0.3) is 5.69 Å². The summed E-state index contributed by atoms with van der Waals surface area (Å²) in [5, 5.41) is 8.22. The van der Waals surface area contributed by atoms with Gasteiger partial charge in [-0.2, -0.15) is 5.10 Å². The summed E-state index contributed by atoms with van der Waals surface area (Å²) in [5.74, 6) is 0.466. The Morgan fingerprint density at radius 3 is 2.33 bits per heavy atom. The van der Waals surface area contributed by atoms with E-state index in [-0.39, 0.29) is 0 Å². The first kappa shape index (κ1) is 15.8. The van der Waals surface area contributed by atoms with Crippen molar-refractivity contribution in [3.8, 4) is 5.69 Å². The van der Waals surface area contributed by atoms with Crippen LogP contribution < -0.4 is 5.32 Å². The summed E-state index contributed by atoms with van der Waals surface area (Å²) in [4.78, 5) is 0. The molecule has 1 N–H and O–H groups in total. The second-order valence-electron chi connectivity index (χ2n) is 5.85. The van der Waals surface area contributed by atoms with Crippen LogP contribution in [0, 0.1) is 0 Å². The summed E-state index contributed by atoms with van der Waals surface area (Å²) in [6.07, 6.45) is 4.31. The lowest BCUT2D eigenvalue weighted by Gasteiger charge is -2.17. The van der Waals surface area contributed by atoms with Gasteiger partial charge in [0.05, 0.1) is 11.4 Å². The first-order chi connectivity index (χ1) is 10.2. The molecule has 0 amide bonds. The summed E-state index contributed by atoms with van der Waals surface area (Å²) in [6, 6.07) is 11.3. The van der Waals surface area contributed by atoms with Crippen LogP contribution in [0.5, 0.6) is 0 Å². The number of nitrogens with one attached hydrogen (secondary N) is 1. The molecule has 0 aliphatic heterocycles. The van der Waals surface area contributed by atoms with Crippen LogP contribution in [0.4, 0.5) is 0 Å². The SMILES string of the molecule is CCCNC(CC)c1ccc(-n2ccc(C(C)C)n2)cc1. The largest absolute Gasteiger partial charge is 0.310 e. The third-order valence-corrected chi connectivity index (χ3v) is 3.81. The van der Waals surface area contributed by atoms with Gasteiger partial charge in [-0.05, 0) is 49.1 Å². The second-order valence-corrected chi connectivity index (χ2v) is 5.85. The highest BCUT2D eigenvalue weighted by atomic mass is 15.3. The molecule has 1 heterocycles. The monoisotopic (exact) mass is 285 g/mol. The molecule has 0 spiro atoms. The lowest BCUT2D eigenvalue weighted by molar-refractivity contribution is 0.518. The van der Waals surface area contributed by atoms with Gasteiger partial charge in [0.2, 0.25) is 0 Å². The third-order valence-electron chi connectivity index (χ3n) is 3.81. The molecular weight excluding hydrogens is 258 g/mol. The van der Waals surface area contributed by atoms with Gasteiger partial charge < -0.3 is 5.32 Å². The molecule has 1 aromatic heterocycles. The first-order valence-corrected chi connectivity index (χ1v) is 8.05. The van der Waals surface area contributed by atoms with Gasteiger partial charge >= 0.3 is 0 Å². The number of aromatic nitrogens is 2. The van der Waals surface area contributed by atoms with Crippen LogP contribution in [-0.4, -0.2) is 16.3 Å². The molecule has 1 aromatic carbocycles. The van der Waals surface area contributed by atoms with Crippen molar-refractivity contribution >= 4 is 0 Å². The van der Waals surface area contributed by atoms with Gasteiger partial charge in [-0.25, -0.2) is 4.68 Å². The summed E-state index contributed by atoms with van der Waals surface area (Å²) >= 11 is 0. The van der Waals surface area contributed by atoms with Crippen LogP contribution in [0.3, 0.4) is 0 Å². The summed E-state index contributed by atoms with van der Waals surface area (Å²) in [5.41, 5.74) is 3.61. The highest BCUT2D eigenvalue weighted by Gasteiger charge is 2.09. The minimum atomic E-state index is 0.447. The minimum absolute atomic E-state index is 0.447. The maximum Gasteiger partial charge on any atom is 0.0654 e. The molecule has 1 atom stereocenters. The molecule has 0 saturated heterocycles. The van der Waals surface area contributed by atoms with E-state index in [0.29, 0.717) is 12.0 Å². The Labute approximate surface area is 128 Å². The smallest absolute Gasteiger partial charge is 0.0654 e. The molecule has 0 aliphatic carbocycles. The van der Waals surface area contributed by atoms with Crippen molar-refractivity contribution in [3.63, 3.8) is 0 Å². The Kier molecular flexibility index (Phi) is 5.57. The van der Waals surface area contributed by atoms with Crippen molar-refractivity contribution < 1.29 is 0 Å². The molecule has 1 unspecified atom stereocenters. The Morgan fingerprint density at radius 2 is 1.81 bits per heavy atom. The van der Waals surface area contributed by atoms with Gasteiger partial charge in [0.1, 0.15) is 0 Å². The van der Waals surface area contributed by atoms with Crippen molar-refractivity contribution in [1.82, 2.24) is 15.1 Å². The van der Waals surface area contributed by atoms with Crippen LogP contribution in [0.15, 0.2) is 36.5 Å². The standard InChI is InChI=1S/C18H27N3/c1-5-12-19-17(6-2)15-7-9-16(10-8-15)21-13-11-18(20-21)14(3)4/h7-11,13-14,17,19H,5-6,12H2,1-4H3. The van der Waals surface area contributed by atoms with Crippen molar-refractivity contribution in [1.29, 1.82) is 0 Å². The van der Waals surface area contributed by atoms with Crippen molar-refractivity contribution in [3.05, 3.63) is 47.8 Å². The minimum Gasteiger partial charge on any atom is -0.310 e. The van der Waals surface area contributed by atoms with E-state index >= 15 is 0 Å². The predicted octanol–water partition coefficient (Wildman–Crippen LogP) is 4.45. The molecule has 0 fully saturated rings. The van der Waals surface area contributed by atoms with E-state index in [9.17, 15) is 0 Å². The maximum absolute atomic E-state index is 4.63. The van der Waals surface area contributed by atoms with E-state index in [1.54, 1.807) is 0 Å². The fourth-order valence-electron chi connectivity index (χ4n) is 2.47. The fourth-order valence-corrected chi connectivity index (χ4v) is 2.47. The molecule has 3 heteroatoms. The fraction of sp³-hybridized carbons (Fsp3) is 0.500. The van der Waals surface area contributed by atoms with Gasteiger partial charge in [-0.3, -0.25) is 0 Å². The molecule has 2 rings (SSSR count). The molecule has 21 heavy (non-hydrogen) atoms. The van der Waals surface area contributed by atoms with Crippen LogP contribution in [-0.2, 0) is 0 Å². The normalized spacial score (nSPS) is 12.8. The lowest BCUT2D eigenvalue weighted by atomic mass is 10.0. The van der Waals surface area contributed by atoms with E-state index in [0.717, 1.165) is 24.3 Å². The van der Waals surface area contributed by atoms with Crippen molar-refractivity contribution in [2.75, 3.05) is 6.54 Å². The number of benzene rings is 1. The number of nitrogens with zero attached hydrogens (tertiary/aromatic N) is 2. The third kappa shape index (κ3) is 3.94. The van der Waals surface area contributed by atoms with Gasteiger partial charge in [-0.15, -0.1) is 0 Å². The van der Waals surface area contributed by atoms with Gasteiger partial charge in [0, 0.05) is 12.2 Å². The molecule has 0 radical (unpaired) electrons. The number of hydrogen-bond acceptors (Lipinski definition) is 2.